The lowest BCUT2D eigenvalue weighted by atomic mass is 10.1. The zero-order chi connectivity index (χ0) is 18.4. The van der Waals surface area contributed by atoms with Gasteiger partial charge in [0.15, 0.2) is 5.96 Å². The van der Waals surface area contributed by atoms with Gasteiger partial charge in [-0.3, -0.25) is 14.5 Å². The van der Waals surface area contributed by atoms with Gasteiger partial charge in [0.25, 0.3) is 0 Å². The van der Waals surface area contributed by atoms with Gasteiger partial charge in [-0.2, -0.15) is 5.10 Å². The van der Waals surface area contributed by atoms with Crippen molar-refractivity contribution in [1.29, 1.82) is 0 Å². The molecule has 1 unspecified atom stereocenters. The zero-order valence-corrected chi connectivity index (χ0v) is 18.6. The molecule has 0 saturated carbocycles. The molecule has 1 aromatic heterocycles. The molecule has 8 nitrogen and oxygen atoms in total. The maximum atomic E-state index is 11.7. The number of carbonyl (C=O) groups excluding carboxylic acids is 1. The minimum absolute atomic E-state index is 0. The molecule has 27 heavy (non-hydrogen) atoms. The highest BCUT2D eigenvalue weighted by atomic mass is 127. The van der Waals surface area contributed by atoms with Crippen molar-refractivity contribution < 1.29 is 9.53 Å². The summed E-state index contributed by atoms with van der Waals surface area (Å²) in [6, 6.07) is 0. The van der Waals surface area contributed by atoms with Gasteiger partial charge in [0.1, 0.15) is 6.10 Å². The highest BCUT2D eigenvalue weighted by Gasteiger charge is 2.25. The summed E-state index contributed by atoms with van der Waals surface area (Å²) in [5.41, 5.74) is 1.10. The Balaban J connectivity index is 0.00000261. The molecule has 2 aliphatic rings. The number of likely N-dealkylation sites (tertiary alicyclic amines) is 1. The smallest absolute Gasteiger partial charge is 0.222 e. The van der Waals surface area contributed by atoms with Crippen LogP contribution in [0.15, 0.2) is 17.4 Å². The summed E-state index contributed by atoms with van der Waals surface area (Å²) in [4.78, 5) is 20.7. The van der Waals surface area contributed by atoms with Crippen LogP contribution in [0, 0.1) is 0 Å². The molecule has 1 N–H and O–H groups in total. The second kappa shape index (κ2) is 10.8. The van der Waals surface area contributed by atoms with Gasteiger partial charge < -0.3 is 19.9 Å². The monoisotopic (exact) mass is 490 g/mol. The summed E-state index contributed by atoms with van der Waals surface area (Å²) in [5, 5.41) is 7.63. The van der Waals surface area contributed by atoms with Gasteiger partial charge in [-0.05, 0) is 19.8 Å². The predicted molar refractivity (Wildman–Crippen MR) is 115 cm³/mol. The summed E-state index contributed by atoms with van der Waals surface area (Å²) in [7, 11) is 1.92. The summed E-state index contributed by atoms with van der Waals surface area (Å²) in [6.45, 7) is 7.61. The summed E-state index contributed by atoms with van der Waals surface area (Å²) < 4.78 is 7.72. The number of aromatic nitrogens is 2. The van der Waals surface area contributed by atoms with E-state index in [0.29, 0.717) is 13.0 Å². The van der Waals surface area contributed by atoms with E-state index in [0.717, 1.165) is 63.6 Å². The molecule has 3 heterocycles. The molecule has 9 heteroatoms. The molecule has 2 saturated heterocycles. The molecule has 152 valence electrons. The van der Waals surface area contributed by atoms with E-state index < -0.39 is 0 Å². The number of halogens is 1. The highest BCUT2D eigenvalue weighted by Crippen LogP contribution is 2.21. The molecule has 0 bridgehead atoms. The molecule has 2 aliphatic heterocycles. The summed E-state index contributed by atoms with van der Waals surface area (Å²) in [5.74, 6) is 1.21. The number of aryl methyl sites for hydroxylation is 1. The first-order chi connectivity index (χ1) is 12.7. The molecule has 3 rings (SSSR count). The van der Waals surface area contributed by atoms with E-state index in [1.165, 1.54) is 0 Å². The Kier molecular flexibility index (Phi) is 8.81. The molecular weight excluding hydrogens is 459 g/mol. The lowest BCUT2D eigenvalue weighted by molar-refractivity contribution is -0.127. The highest BCUT2D eigenvalue weighted by molar-refractivity contribution is 14.0. The van der Waals surface area contributed by atoms with Crippen LogP contribution in [-0.4, -0.2) is 77.3 Å². The Morgan fingerprint density at radius 3 is 2.96 bits per heavy atom. The maximum absolute atomic E-state index is 11.7. The molecular formula is C18H31IN6O2. The van der Waals surface area contributed by atoms with Crippen molar-refractivity contribution in [2.24, 2.45) is 12.0 Å². The molecule has 0 radical (unpaired) electrons. The molecule has 0 aromatic carbocycles. The van der Waals surface area contributed by atoms with Crippen LogP contribution in [0.1, 0.15) is 37.9 Å². The van der Waals surface area contributed by atoms with E-state index in [1.807, 2.05) is 24.3 Å². The first-order valence-electron chi connectivity index (χ1n) is 9.58. The van der Waals surface area contributed by atoms with Crippen LogP contribution in [0.25, 0.3) is 0 Å². The zero-order valence-electron chi connectivity index (χ0n) is 16.3. The fourth-order valence-corrected chi connectivity index (χ4v) is 3.46. The normalized spacial score (nSPS) is 20.7. The number of nitrogens with one attached hydrogen (secondary N) is 1. The van der Waals surface area contributed by atoms with Crippen molar-refractivity contribution in [2.45, 2.75) is 32.3 Å². The van der Waals surface area contributed by atoms with Crippen LogP contribution >= 0.6 is 24.0 Å². The SMILES string of the molecule is CCNC(=NCCCN1CCCC1=O)N1CCOC(c2cnn(C)c2)C1.I. The third kappa shape index (κ3) is 6.06. The second-order valence-corrected chi connectivity index (χ2v) is 6.83. The number of guanidine groups is 1. The number of morpholine rings is 1. The second-order valence-electron chi connectivity index (χ2n) is 6.83. The molecule has 2 fully saturated rings. The summed E-state index contributed by atoms with van der Waals surface area (Å²) in [6.07, 6.45) is 6.49. The van der Waals surface area contributed by atoms with Crippen LogP contribution in [0.2, 0.25) is 0 Å². The number of rotatable bonds is 6. The standard InChI is InChI=1S/C18H30N6O2.HI/c1-3-19-18(20-7-5-9-23-8-4-6-17(23)25)24-10-11-26-16(14-24)15-12-21-22(2)13-15;/h12-13,16H,3-11,14H2,1-2H3,(H,19,20);1H. The van der Waals surface area contributed by atoms with Crippen molar-refractivity contribution >= 4 is 35.8 Å². The Morgan fingerprint density at radius 1 is 1.44 bits per heavy atom. The molecule has 0 spiro atoms. The van der Waals surface area contributed by atoms with E-state index in [2.05, 4.69) is 22.2 Å². The fraction of sp³-hybridized carbons (Fsp3) is 0.722. The van der Waals surface area contributed by atoms with Gasteiger partial charge in [-0.1, -0.05) is 0 Å². The first kappa shape index (κ1) is 21.9. The number of carbonyl (C=O) groups is 1. The van der Waals surface area contributed by atoms with Crippen molar-refractivity contribution in [3.63, 3.8) is 0 Å². The average Bonchev–Trinajstić information content (AvgIpc) is 3.26. The predicted octanol–water partition coefficient (Wildman–Crippen LogP) is 1.39. The number of aliphatic imine (C=N–C) groups is 1. The number of amides is 1. The molecule has 0 aliphatic carbocycles. The van der Waals surface area contributed by atoms with Crippen LogP contribution in [-0.2, 0) is 16.6 Å². The Hall–Kier alpha value is -1.36. The minimum atomic E-state index is 0. The quantitative estimate of drug-likeness (QED) is 0.283. The van der Waals surface area contributed by atoms with E-state index >= 15 is 0 Å². The van der Waals surface area contributed by atoms with Crippen molar-refractivity contribution in [3.8, 4) is 0 Å². The average molecular weight is 490 g/mol. The van der Waals surface area contributed by atoms with Crippen LogP contribution in [0.5, 0.6) is 0 Å². The van der Waals surface area contributed by atoms with Crippen molar-refractivity contribution in [2.75, 3.05) is 45.9 Å². The maximum Gasteiger partial charge on any atom is 0.222 e. The van der Waals surface area contributed by atoms with Gasteiger partial charge >= 0.3 is 0 Å². The fourth-order valence-electron chi connectivity index (χ4n) is 3.46. The molecule has 1 atom stereocenters. The number of hydrogen-bond donors (Lipinski definition) is 1. The molecule has 1 amide bonds. The van der Waals surface area contributed by atoms with Gasteiger partial charge in [-0.25, -0.2) is 0 Å². The lowest BCUT2D eigenvalue weighted by Crippen LogP contribution is -2.48. The van der Waals surface area contributed by atoms with Gasteiger partial charge in [0.05, 0.1) is 19.3 Å². The topological polar surface area (TPSA) is 75.0 Å². The van der Waals surface area contributed by atoms with Gasteiger partial charge in [0, 0.05) is 58.0 Å². The number of nitrogens with zero attached hydrogens (tertiary/aromatic N) is 5. The van der Waals surface area contributed by atoms with E-state index in [9.17, 15) is 4.79 Å². The van der Waals surface area contributed by atoms with Crippen LogP contribution in [0.3, 0.4) is 0 Å². The Labute approximate surface area is 178 Å². The van der Waals surface area contributed by atoms with Gasteiger partial charge in [-0.15, -0.1) is 24.0 Å². The van der Waals surface area contributed by atoms with E-state index in [4.69, 9.17) is 9.73 Å². The van der Waals surface area contributed by atoms with Crippen LogP contribution < -0.4 is 5.32 Å². The third-order valence-electron chi connectivity index (χ3n) is 4.82. The number of hydrogen-bond acceptors (Lipinski definition) is 4. The Bertz CT molecular complexity index is 635. The minimum Gasteiger partial charge on any atom is -0.370 e. The van der Waals surface area contributed by atoms with Crippen LogP contribution in [0.4, 0.5) is 0 Å². The largest absolute Gasteiger partial charge is 0.370 e. The third-order valence-corrected chi connectivity index (χ3v) is 4.82. The number of ether oxygens (including phenoxy) is 1. The van der Waals surface area contributed by atoms with Crippen molar-refractivity contribution in [1.82, 2.24) is 24.9 Å². The van der Waals surface area contributed by atoms with E-state index in [-0.39, 0.29) is 36.0 Å². The Morgan fingerprint density at radius 2 is 2.30 bits per heavy atom. The lowest BCUT2D eigenvalue weighted by Gasteiger charge is -2.34. The summed E-state index contributed by atoms with van der Waals surface area (Å²) >= 11 is 0. The van der Waals surface area contributed by atoms with E-state index in [1.54, 1.807) is 4.68 Å². The molecule has 1 aromatic rings. The van der Waals surface area contributed by atoms with Gasteiger partial charge in [0.2, 0.25) is 5.91 Å². The van der Waals surface area contributed by atoms with Crippen molar-refractivity contribution in [3.05, 3.63) is 18.0 Å². The first-order valence-corrected chi connectivity index (χ1v) is 9.58.